The Morgan fingerprint density at radius 2 is 1.23 bits per heavy atom. The SMILES string of the molecule is Cc1cc(C)c2c(c1)C=N[C@@H]1CN(C)C[C@H]1N=Cc1cc(C)cc(C)c1[O][Ge]([Cl])([Cl])[O]2. The second kappa shape index (κ2) is 8.77. The van der Waals surface area contributed by atoms with Crippen LogP contribution in [0.1, 0.15) is 33.4 Å². The van der Waals surface area contributed by atoms with E-state index in [0.29, 0.717) is 11.5 Å². The van der Waals surface area contributed by atoms with Gasteiger partial charge in [0.15, 0.2) is 0 Å². The summed E-state index contributed by atoms with van der Waals surface area (Å²) in [7, 11) is 15.5. The van der Waals surface area contributed by atoms with Crippen LogP contribution in [0, 0.1) is 27.7 Å². The molecule has 2 aliphatic rings. The Labute approximate surface area is 195 Å². The average molecular weight is 521 g/mol. The van der Waals surface area contributed by atoms with Crippen molar-refractivity contribution in [3.8, 4) is 11.5 Å². The van der Waals surface area contributed by atoms with E-state index in [0.717, 1.165) is 46.5 Å². The summed E-state index contributed by atoms with van der Waals surface area (Å²) in [4.78, 5) is 12.0. The summed E-state index contributed by atoms with van der Waals surface area (Å²) in [5.74, 6) is 1.27. The van der Waals surface area contributed by atoms with Gasteiger partial charge in [-0.2, -0.15) is 0 Å². The molecule has 0 amide bonds. The number of aliphatic imine (C=N–C) groups is 2. The monoisotopic (exact) mass is 521 g/mol. The summed E-state index contributed by atoms with van der Waals surface area (Å²) in [6.45, 7) is 9.77. The Morgan fingerprint density at radius 1 is 0.806 bits per heavy atom. The number of likely N-dealkylation sites (N-methyl/N-ethyl adjacent to an activating group) is 1. The zero-order valence-corrected chi connectivity index (χ0v) is 22.1. The van der Waals surface area contributed by atoms with Crippen molar-refractivity contribution in [2.75, 3.05) is 20.1 Å². The average Bonchev–Trinajstić information content (AvgIpc) is 3.02. The summed E-state index contributed by atoms with van der Waals surface area (Å²) in [6, 6.07) is 8.30. The molecule has 5 nitrogen and oxygen atoms in total. The van der Waals surface area contributed by atoms with Crippen LogP contribution < -0.4 is 7.53 Å². The van der Waals surface area contributed by atoms with Crippen molar-refractivity contribution in [1.29, 1.82) is 0 Å². The van der Waals surface area contributed by atoms with Crippen LogP contribution in [0.4, 0.5) is 0 Å². The Kier molecular flexibility index (Phi) is 6.41. The van der Waals surface area contributed by atoms with Gasteiger partial charge in [-0.25, -0.2) is 0 Å². The quantitative estimate of drug-likeness (QED) is 0.468. The predicted molar refractivity (Wildman–Crippen MR) is 131 cm³/mol. The third kappa shape index (κ3) is 5.11. The Bertz CT molecular complexity index is 990. The molecule has 164 valence electrons. The zero-order chi connectivity index (χ0) is 22.3. The summed E-state index contributed by atoms with van der Waals surface area (Å²) in [6.07, 6.45) is 3.74. The van der Waals surface area contributed by atoms with E-state index < -0.39 is 12.1 Å². The van der Waals surface area contributed by atoms with Gasteiger partial charge in [0.2, 0.25) is 0 Å². The molecule has 31 heavy (non-hydrogen) atoms. The van der Waals surface area contributed by atoms with Crippen LogP contribution in [0.5, 0.6) is 11.5 Å². The van der Waals surface area contributed by atoms with Gasteiger partial charge < -0.3 is 0 Å². The van der Waals surface area contributed by atoms with Gasteiger partial charge >= 0.3 is 196 Å². The van der Waals surface area contributed by atoms with E-state index in [9.17, 15) is 0 Å². The molecular weight excluding hydrogens is 494 g/mol. The zero-order valence-electron chi connectivity index (χ0n) is 18.4. The van der Waals surface area contributed by atoms with Crippen LogP contribution in [-0.2, 0) is 0 Å². The van der Waals surface area contributed by atoms with Crippen LogP contribution in [0.25, 0.3) is 0 Å². The molecule has 0 bridgehead atoms. The molecule has 2 aromatic carbocycles. The first kappa shape index (κ1) is 22.6. The molecule has 2 atom stereocenters. The third-order valence-corrected chi connectivity index (χ3v) is 9.05. The molecule has 2 heterocycles. The number of nitrogens with zero attached hydrogens (tertiary/aromatic N) is 3. The molecule has 2 aromatic rings. The van der Waals surface area contributed by atoms with Gasteiger partial charge in [-0.3, -0.25) is 0 Å². The topological polar surface area (TPSA) is 46.4 Å². The summed E-state index contributed by atoms with van der Waals surface area (Å²) in [5.41, 5.74) is 5.86. The van der Waals surface area contributed by atoms with Gasteiger partial charge in [0.1, 0.15) is 0 Å². The van der Waals surface area contributed by atoms with Crippen molar-refractivity contribution in [3.05, 3.63) is 57.6 Å². The Morgan fingerprint density at radius 3 is 1.65 bits per heavy atom. The second-order valence-electron chi connectivity index (χ2n) is 8.58. The van der Waals surface area contributed by atoms with Crippen molar-refractivity contribution in [2.24, 2.45) is 9.98 Å². The van der Waals surface area contributed by atoms with Crippen molar-refractivity contribution >= 4 is 44.5 Å². The maximum absolute atomic E-state index is 6.72. The number of halogens is 2. The number of fused-ring (bicyclic) bond motifs is 3. The van der Waals surface area contributed by atoms with E-state index in [1.807, 2.05) is 52.3 Å². The van der Waals surface area contributed by atoms with E-state index in [2.05, 4.69) is 24.1 Å². The first-order valence-corrected chi connectivity index (χ1v) is 17.6. The van der Waals surface area contributed by atoms with Crippen LogP contribution in [-0.4, -0.2) is 61.6 Å². The fourth-order valence-corrected chi connectivity index (χ4v) is 8.16. The number of likely N-dealkylation sites (tertiary alicyclic amines) is 1. The van der Waals surface area contributed by atoms with E-state index in [4.69, 9.17) is 37.5 Å². The molecule has 1 saturated heterocycles. The molecule has 0 N–H and O–H groups in total. The summed E-state index contributed by atoms with van der Waals surface area (Å²) < 4.78 is 12.4. The molecule has 0 aliphatic carbocycles. The van der Waals surface area contributed by atoms with Crippen molar-refractivity contribution in [3.63, 3.8) is 0 Å². The van der Waals surface area contributed by atoms with Crippen molar-refractivity contribution in [2.45, 2.75) is 39.8 Å². The summed E-state index contributed by atoms with van der Waals surface area (Å²) >= 11 is -4.20. The van der Waals surface area contributed by atoms with E-state index in [1.54, 1.807) is 0 Å². The minimum absolute atomic E-state index is 0.0595. The van der Waals surface area contributed by atoms with Crippen molar-refractivity contribution < 1.29 is 7.53 Å². The molecular formula is C23H27Cl2GeN3O2. The minimum atomic E-state index is -4.20. The number of benzene rings is 2. The van der Waals surface area contributed by atoms with Gasteiger partial charge in [0, 0.05) is 0 Å². The normalized spacial score (nSPS) is 22.8. The van der Waals surface area contributed by atoms with Gasteiger partial charge in [0.25, 0.3) is 0 Å². The molecule has 0 spiro atoms. The maximum atomic E-state index is 6.72. The number of hydrogen-bond acceptors (Lipinski definition) is 5. The third-order valence-electron chi connectivity index (χ3n) is 5.59. The van der Waals surface area contributed by atoms with Gasteiger partial charge in [0.05, 0.1) is 0 Å². The number of rotatable bonds is 0. The van der Waals surface area contributed by atoms with E-state index >= 15 is 0 Å². The second-order valence-corrected chi connectivity index (χ2v) is 17.6. The molecule has 0 aromatic heterocycles. The van der Waals surface area contributed by atoms with Crippen LogP contribution >= 0.6 is 20.0 Å². The molecule has 0 saturated carbocycles. The van der Waals surface area contributed by atoms with Crippen LogP contribution in [0.2, 0.25) is 0 Å². The van der Waals surface area contributed by atoms with Gasteiger partial charge in [-0.1, -0.05) is 0 Å². The van der Waals surface area contributed by atoms with Crippen LogP contribution in [0.15, 0.2) is 34.3 Å². The summed E-state index contributed by atoms with van der Waals surface area (Å²) in [5, 5.41) is 0. The molecule has 2 aliphatic heterocycles. The van der Waals surface area contributed by atoms with Gasteiger partial charge in [-0.05, 0) is 0 Å². The van der Waals surface area contributed by atoms with E-state index in [1.165, 1.54) is 0 Å². The number of hydrogen-bond donors (Lipinski definition) is 0. The van der Waals surface area contributed by atoms with Gasteiger partial charge in [-0.15, -0.1) is 0 Å². The fourth-order valence-electron chi connectivity index (χ4n) is 4.31. The predicted octanol–water partition coefficient (Wildman–Crippen LogP) is 4.83. The van der Waals surface area contributed by atoms with Crippen molar-refractivity contribution in [1.82, 2.24) is 4.90 Å². The first-order valence-electron chi connectivity index (χ1n) is 10.3. The molecule has 0 unspecified atom stereocenters. The first-order chi connectivity index (χ1) is 14.6. The molecule has 0 radical (unpaired) electrons. The number of aryl methyl sites for hydroxylation is 4. The van der Waals surface area contributed by atoms with E-state index in [-0.39, 0.29) is 12.1 Å². The molecule has 1 fully saturated rings. The Balaban J connectivity index is 1.88. The standard InChI is InChI=1S/C23H27Cl2GeN3O2/c1-14-6-16(3)22-18(8-14)10-27-20-12-29(5)13-21(20)28-11-19-9-15(2)7-17(4)23(19)31-26(24,25)30-22/h6-11,20-21H,12-13H2,1-5H3/t20-,21-/m1/s1. The van der Waals surface area contributed by atoms with Crippen LogP contribution in [0.3, 0.4) is 0 Å². The molecule has 8 heteroatoms. The molecule has 4 rings (SSSR count). The fraction of sp³-hybridized carbons (Fsp3) is 0.391. The Hall–Kier alpha value is -1.54.